The molecule has 3 atom stereocenters. The van der Waals surface area contributed by atoms with E-state index < -0.39 is 0 Å². The van der Waals surface area contributed by atoms with Gasteiger partial charge in [-0.1, -0.05) is 31.5 Å². The second-order valence-corrected chi connectivity index (χ2v) is 7.40. The van der Waals surface area contributed by atoms with E-state index in [0.29, 0.717) is 5.92 Å². The highest BCUT2D eigenvalue weighted by Crippen LogP contribution is 2.45. The van der Waals surface area contributed by atoms with Crippen molar-refractivity contribution in [3.63, 3.8) is 0 Å². The molecule has 0 amide bonds. The molecule has 114 valence electrons. The van der Waals surface area contributed by atoms with Crippen LogP contribution in [0.4, 0.5) is 0 Å². The van der Waals surface area contributed by atoms with Gasteiger partial charge in [0.25, 0.3) is 0 Å². The number of fused-ring (bicyclic) bond motifs is 1. The predicted molar refractivity (Wildman–Crippen MR) is 85.9 cm³/mol. The molecule has 2 saturated carbocycles. The lowest BCUT2D eigenvalue weighted by Gasteiger charge is -2.36. The Balaban J connectivity index is 1.58. The standard InChI is InChI=1S/C19H27NO/c1-13-5-6-15(12-20-16-7-8-16)18(11-13)17-4-2-3-14-9-10-21-19(14)17/h2-4,13,15-16,18,20H,5-12H2,1H3. The molecule has 0 aromatic heterocycles. The number of para-hydroxylation sites is 1. The zero-order valence-electron chi connectivity index (χ0n) is 13.1. The summed E-state index contributed by atoms with van der Waals surface area (Å²) < 4.78 is 5.98. The van der Waals surface area contributed by atoms with Crippen molar-refractivity contribution in [3.8, 4) is 5.75 Å². The van der Waals surface area contributed by atoms with Crippen molar-refractivity contribution in [1.82, 2.24) is 5.32 Å². The van der Waals surface area contributed by atoms with Crippen molar-refractivity contribution in [2.45, 2.75) is 57.4 Å². The smallest absolute Gasteiger partial charge is 0.126 e. The van der Waals surface area contributed by atoms with Gasteiger partial charge in [-0.25, -0.2) is 0 Å². The molecule has 1 aliphatic heterocycles. The summed E-state index contributed by atoms with van der Waals surface area (Å²) in [6.07, 6.45) is 7.96. The molecule has 1 aromatic rings. The van der Waals surface area contributed by atoms with Crippen LogP contribution >= 0.6 is 0 Å². The summed E-state index contributed by atoms with van der Waals surface area (Å²) in [6, 6.07) is 7.64. The topological polar surface area (TPSA) is 21.3 Å². The first-order valence-corrected chi connectivity index (χ1v) is 8.79. The molecule has 2 heteroatoms. The minimum Gasteiger partial charge on any atom is -0.493 e. The predicted octanol–water partition coefficient (Wildman–Crippen LogP) is 3.89. The molecule has 21 heavy (non-hydrogen) atoms. The van der Waals surface area contributed by atoms with Crippen LogP contribution in [0.1, 0.15) is 56.1 Å². The number of hydrogen-bond donors (Lipinski definition) is 1. The largest absolute Gasteiger partial charge is 0.493 e. The van der Waals surface area contributed by atoms with Gasteiger partial charge in [0.1, 0.15) is 5.75 Å². The van der Waals surface area contributed by atoms with Crippen LogP contribution in [0.25, 0.3) is 0 Å². The summed E-state index contributed by atoms with van der Waals surface area (Å²) in [5.74, 6) is 3.56. The Hall–Kier alpha value is -1.02. The van der Waals surface area contributed by atoms with Gasteiger partial charge < -0.3 is 10.1 Å². The highest BCUT2D eigenvalue weighted by atomic mass is 16.5. The second-order valence-electron chi connectivity index (χ2n) is 7.40. The Morgan fingerprint density at radius 1 is 1.19 bits per heavy atom. The number of hydrogen-bond acceptors (Lipinski definition) is 2. The van der Waals surface area contributed by atoms with Gasteiger partial charge in [0.05, 0.1) is 6.61 Å². The molecule has 2 aliphatic carbocycles. The molecular formula is C19H27NO. The maximum atomic E-state index is 5.98. The van der Waals surface area contributed by atoms with E-state index in [9.17, 15) is 0 Å². The van der Waals surface area contributed by atoms with E-state index >= 15 is 0 Å². The van der Waals surface area contributed by atoms with E-state index in [1.807, 2.05) is 0 Å². The maximum Gasteiger partial charge on any atom is 0.126 e. The summed E-state index contributed by atoms with van der Waals surface area (Å²) >= 11 is 0. The van der Waals surface area contributed by atoms with Crippen molar-refractivity contribution in [2.75, 3.05) is 13.2 Å². The van der Waals surface area contributed by atoms with Gasteiger partial charge in [-0.2, -0.15) is 0 Å². The molecule has 1 aromatic carbocycles. The van der Waals surface area contributed by atoms with E-state index in [-0.39, 0.29) is 0 Å². The fourth-order valence-electron chi connectivity index (χ4n) is 4.21. The quantitative estimate of drug-likeness (QED) is 0.906. The Bertz CT molecular complexity index is 508. The van der Waals surface area contributed by atoms with E-state index in [1.54, 1.807) is 0 Å². The van der Waals surface area contributed by atoms with Gasteiger partial charge in [-0.3, -0.25) is 0 Å². The molecule has 1 heterocycles. The van der Waals surface area contributed by atoms with Gasteiger partial charge in [0, 0.05) is 12.5 Å². The summed E-state index contributed by atoms with van der Waals surface area (Å²) in [4.78, 5) is 0. The van der Waals surface area contributed by atoms with Crippen LogP contribution in [0.15, 0.2) is 18.2 Å². The van der Waals surface area contributed by atoms with Crippen LogP contribution in [0.5, 0.6) is 5.75 Å². The van der Waals surface area contributed by atoms with Crippen molar-refractivity contribution in [2.24, 2.45) is 11.8 Å². The number of rotatable bonds is 4. The van der Waals surface area contributed by atoms with Gasteiger partial charge >= 0.3 is 0 Å². The average Bonchev–Trinajstić information content (AvgIpc) is 3.20. The molecule has 0 spiro atoms. The second kappa shape index (κ2) is 5.64. The zero-order chi connectivity index (χ0) is 14.2. The Morgan fingerprint density at radius 3 is 2.95 bits per heavy atom. The third-order valence-corrected chi connectivity index (χ3v) is 5.65. The first-order chi connectivity index (χ1) is 10.3. The lowest BCUT2D eigenvalue weighted by Crippen LogP contribution is -2.32. The van der Waals surface area contributed by atoms with Crippen molar-refractivity contribution in [1.29, 1.82) is 0 Å². The minimum absolute atomic E-state index is 0.688. The highest BCUT2D eigenvalue weighted by Gasteiger charge is 2.34. The fraction of sp³-hybridized carbons (Fsp3) is 0.684. The summed E-state index contributed by atoms with van der Waals surface area (Å²) in [5.41, 5.74) is 2.93. The normalized spacial score (nSPS) is 31.8. The molecule has 2 nitrogen and oxygen atoms in total. The lowest BCUT2D eigenvalue weighted by atomic mass is 9.71. The van der Waals surface area contributed by atoms with Gasteiger partial charge in [0.2, 0.25) is 0 Å². The summed E-state index contributed by atoms with van der Waals surface area (Å²) in [5, 5.41) is 3.77. The van der Waals surface area contributed by atoms with Crippen LogP contribution < -0.4 is 10.1 Å². The van der Waals surface area contributed by atoms with E-state index in [2.05, 4.69) is 30.4 Å². The molecular weight excluding hydrogens is 258 g/mol. The summed E-state index contributed by atoms with van der Waals surface area (Å²) in [6.45, 7) is 4.49. The van der Waals surface area contributed by atoms with Gasteiger partial charge in [-0.05, 0) is 61.1 Å². The molecule has 0 saturated heterocycles. The van der Waals surface area contributed by atoms with Crippen LogP contribution in [0.2, 0.25) is 0 Å². The first kappa shape index (κ1) is 13.6. The average molecular weight is 285 g/mol. The number of nitrogens with one attached hydrogen (secondary N) is 1. The number of ether oxygens (including phenoxy) is 1. The molecule has 2 fully saturated rings. The Labute approximate surface area is 128 Å². The van der Waals surface area contributed by atoms with E-state index in [4.69, 9.17) is 4.74 Å². The molecule has 3 unspecified atom stereocenters. The van der Waals surface area contributed by atoms with Crippen LogP contribution in [0, 0.1) is 11.8 Å². The molecule has 0 bridgehead atoms. The third kappa shape index (κ3) is 2.83. The van der Waals surface area contributed by atoms with E-state index in [1.165, 1.54) is 55.5 Å². The molecule has 4 rings (SSSR count). The fourth-order valence-corrected chi connectivity index (χ4v) is 4.21. The molecule has 0 radical (unpaired) electrons. The van der Waals surface area contributed by atoms with Crippen LogP contribution in [-0.2, 0) is 6.42 Å². The minimum atomic E-state index is 0.688. The highest BCUT2D eigenvalue weighted by molar-refractivity contribution is 5.46. The number of benzene rings is 1. The lowest BCUT2D eigenvalue weighted by molar-refractivity contribution is 0.236. The monoisotopic (exact) mass is 285 g/mol. The van der Waals surface area contributed by atoms with Crippen molar-refractivity contribution >= 4 is 0 Å². The molecule has 3 aliphatic rings. The maximum absolute atomic E-state index is 5.98. The third-order valence-electron chi connectivity index (χ3n) is 5.65. The first-order valence-electron chi connectivity index (χ1n) is 8.79. The van der Waals surface area contributed by atoms with Crippen molar-refractivity contribution in [3.05, 3.63) is 29.3 Å². The summed E-state index contributed by atoms with van der Waals surface area (Å²) in [7, 11) is 0. The van der Waals surface area contributed by atoms with Gasteiger partial charge in [-0.15, -0.1) is 0 Å². The van der Waals surface area contributed by atoms with Crippen molar-refractivity contribution < 1.29 is 4.74 Å². The van der Waals surface area contributed by atoms with Gasteiger partial charge in [0.15, 0.2) is 0 Å². The van der Waals surface area contributed by atoms with Crippen LogP contribution in [0.3, 0.4) is 0 Å². The zero-order valence-corrected chi connectivity index (χ0v) is 13.1. The molecule has 1 N–H and O–H groups in total. The Morgan fingerprint density at radius 2 is 2.10 bits per heavy atom. The Kier molecular flexibility index (Phi) is 3.66. The SMILES string of the molecule is CC1CCC(CNC2CC2)C(c2cccc3c2OCC3)C1. The van der Waals surface area contributed by atoms with Crippen LogP contribution in [-0.4, -0.2) is 19.2 Å². The van der Waals surface area contributed by atoms with E-state index in [0.717, 1.165) is 30.9 Å².